The minimum absolute atomic E-state index is 0.194. The van der Waals surface area contributed by atoms with E-state index in [-0.39, 0.29) is 11.5 Å². The lowest BCUT2D eigenvalue weighted by atomic mass is 10.2. The Labute approximate surface area is 144 Å². The standard InChI is InChI=1S/C16H17ClN6O/c1-9-5-6-12(24-9)14-13(18)15(19)23-16(22-14)20-8-11-4-2-3-10(7-17)21-11/h2-6H,7-8,18H2,1H3,(H3,19,20,22,23). The maximum Gasteiger partial charge on any atom is 0.225 e. The van der Waals surface area contributed by atoms with Gasteiger partial charge >= 0.3 is 0 Å². The number of pyridine rings is 1. The molecule has 0 unspecified atom stereocenters. The predicted octanol–water partition coefficient (Wildman–Crippen LogP) is 2.96. The first-order valence-electron chi connectivity index (χ1n) is 7.31. The lowest BCUT2D eigenvalue weighted by molar-refractivity contribution is 0.546. The Morgan fingerprint density at radius 3 is 2.58 bits per heavy atom. The Bertz CT molecular complexity index is 864. The summed E-state index contributed by atoms with van der Waals surface area (Å²) in [6.45, 7) is 2.28. The fourth-order valence-electron chi connectivity index (χ4n) is 2.19. The molecule has 0 radical (unpaired) electrons. The van der Waals surface area contributed by atoms with Crippen LogP contribution in [0.4, 0.5) is 17.5 Å². The van der Waals surface area contributed by atoms with Gasteiger partial charge in [0.1, 0.15) is 17.1 Å². The molecule has 3 aromatic heterocycles. The van der Waals surface area contributed by atoms with E-state index in [4.69, 9.17) is 27.5 Å². The summed E-state index contributed by atoms with van der Waals surface area (Å²) >= 11 is 5.80. The summed E-state index contributed by atoms with van der Waals surface area (Å²) in [7, 11) is 0. The first kappa shape index (κ1) is 16.1. The van der Waals surface area contributed by atoms with Crippen LogP contribution < -0.4 is 16.8 Å². The summed E-state index contributed by atoms with van der Waals surface area (Å²) in [6, 6.07) is 9.29. The molecule has 0 spiro atoms. The largest absolute Gasteiger partial charge is 0.460 e. The summed E-state index contributed by atoms with van der Waals surface area (Å²) in [5, 5.41) is 3.09. The fraction of sp³-hybridized carbons (Fsp3) is 0.188. The van der Waals surface area contributed by atoms with E-state index in [2.05, 4.69) is 20.3 Å². The molecule has 24 heavy (non-hydrogen) atoms. The Balaban J connectivity index is 1.84. The van der Waals surface area contributed by atoms with Gasteiger partial charge in [-0.2, -0.15) is 4.98 Å². The number of alkyl halides is 1. The van der Waals surface area contributed by atoms with Crippen LogP contribution in [-0.4, -0.2) is 15.0 Å². The van der Waals surface area contributed by atoms with Crippen molar-refractivity contribution in [2.75, 3.05) is 16.8 Å². The van der Waals surface area contributed by atoms with Gasteiger partial charge in [0.15, 0.2) is 11.6 Å². The molecule has 8 heteroatoms. The van der Waals surface area contributed by atoms with Crippen molar-refractivity contribution in [1.82, 2.24) is 15.0 Å². The average molecular weight is 345 g/mol. The van der Waals surface area contributed by atoms with Gasteiger partial charge in [-0.1, -0.05) is 6.07 Å². The molecule has 0 aliphatic carbocycles. The van der Waals surface area contributed by atoms with Crippen LogP contribution in [0.3, 0.4) is 0 Å². The third-order valence-corrected chi connectivity index (χ3v) is 3.65. The zero-order valence-electron chi connectivity index (χ0n) is 13.1. The van der Waals surface area contributed by atoms with Crippen molar-refractivity contribution < 1.29 is 4.42 Å². The highest BCUT2D eigenvalue weighted by molar-refractivity contribution is 6.16. The highest BCUT2D eigenvalue weighted by atomic mass is 35.5. The van der Waals surface area contributed by atoms with Gasteiger partial charge in [0, 0.05) is 0 Å². The molecule has 3 aromatic rings. The second-order valence-corrected chi connectivity index (χ2v) is 5.48. The van der Waals surface area contributed by atoms with Crippen LogP contribution in [0.25, 0.3) is 11.5 Å². The number of nitrogens with one attached hydrogen (secondary N) is 1. The molecule has 7 nitrogen and oxygen atoms in total. The van der Waals surface area contributed by atoms with E-state index in [1.165, 1.54) is 0 Å². The molecule has 0 amide bonds. The molecule has 0 saturated heterocycles. The van der Waals surface area contributed by atoms with Crippen LogP contribution >= 0.6 is 11.6 Å². The predicted molar refractivity (Wildman–Crippen MR) is 94.4 cm³/mol. The third-order valence-electron chi connectivity index (χ3n) is 3.38. The van der Waals surface area contributed by atoms with Crippen LogP contribution in [0.2, 0.25) is 0 Å². The van der Waals surface area contributed by atoms with Crippen molar-refractivity contribution >= 4 is 29.1 Å². The maximum atomic E-state index is 5.97. The molecular weight excluding hydrogens is 328 g/mol. The number of nitrogen functional groups attached to an aromatic ring is 2. The highest BCUT2D eigenvalue weighted by Gasteiger charge is 2.14. The van der Waals surface area contributed by atoms with Crippen molar-refractivity contribution in [3.63, 3.8) is 0 Å². The molecule has 0 saturated carbocycles. The van der Waals surface area contributed by atoms with E-state index in [9.17, 15) is 0 Å². The summed E-state index contributed by atoms with van der Waals surface area (Å²) in [6.07, 6.45) is 0. The molecule has 124 valence electrons. The molecule has 0 aromatic carbocycles. The molecule has 0 fully saturated rings. The molecule has 5 N–H and O–H groups in total. The van der Waals surface area contributed by atoms with Crippen molar-refractivity contribution in [3.8, 4) is 11.5 Å². The second-order valence-electron chi connectivity index (χ2n) is 5.21. The molecule has 0 aliphatic heterocycles. The zero-order chi connectivity index (χ0) is 17.1. The number of aromatic nitrogens is 3. The molecule has 3 heterocycles. The van der Waals surface area contributed by atoms with Crippen molar-refractivity contribution in [1.29, 1.82) is 0 Å². The lowest BCUT2D eigenvalue weighted by Gasteiger charge is -2.10. The van der Waals surface area contributed by atoms with Crippen molar-refractivity contribution in [2.24, 2.45) is 0 Å². The van der Waals surface area contributed by atoms with E-state index in [1.54, 1.807) is 6.07 Å². The van der Waals surface area contributed by atoms with Gasteiger partial charge in [-0.25, -0.2) is 4.98 Å². The summed E-state index contributed by atoms with van der Waals surface area (Å²) < 4.78 is 5.57. The van der Waals surface area contributed by atoms with E-state index in [0.29, 0.717) is 29.8 Å². The Morgan fingerprint density at radius 2 is 1.88 bits per heavy atom. The van der Waals surface area contributed by atoms with Crippen LogP contribution in [0, 0.1) is 6.92 Å². The molecule has 0 bridgehead atoms. The maximum absolute atomic E-state index is 5.97. The van der Waals surface area contributed by atoms with Gasteiger partial charge in [-0.3, -0.25) is 4.98 Å². The van der Waals surface area contributed by atoms with Crippen LogP contribution in [0.5, 0.6) is 0 Å². The summed E-state index contributed by atoms with van der Waals surface area (Å²) in [5.74, 6) is 2.21. The van der Waals surface area contributed by atoms with Gasteiger partial charge in [-0.05, 0) is 31.2 Å². The summed E-state index contributed by atoms with van der Waals surface area (Å²) in [4.78, 5) is 13.0. The number of rotatable bonds is 5. The van der Waals surface area contributed by atoms with Gasteiger partial charge < -0.3 is 21.2 Å². The van der Waals surface area contributed by atoms with Gasteiger partial charge in [-0.15, -0.1) is 11.6 Å². The van der Waals surface area contributed by atoms with E-state index in [0.717, 1.165) is 17.1 Å². The third kappa shape index (κ3) is 3.41. The second kappa shape index (κ2) is 6.76. The van der Waals surface area contributed by atoms with Crippen LogP contribution in [0.15, 0.2) is 34.7 Å². The SMILES string of the molecule is Cc1ccc(-c2nc(NCc3cccc(CCl)n3)nc(N)c2N)o1. The van der Waals surface area contributed by atoms with E-state index in [1.807, 2.05) is 31.2 Å². The monoisotopic (exact) mass is 344 g/mol. The quantitative estimate of drug-likeness (QED) is 0.609. The number of anilines is 3. The normalized spacial score (nSPS) is 10.8. The Hall–Kier alpha value is -2.80. The van der Waals surface area contributed by atoms with Crippen LogP contribution in [-0.2, 0) is 12.4 Å². The minimum Gasteiger partial charge on any atom is -0.460 e. The van der Waals surface area contributed by atoms with Gasteiger partial charge in [0.05, 0.1) is 23.8 Å². The number of hydrogen-bond donors (Lipinski definition) is 3. The number of furan rings is 1. The zero-order valence-corrected chi connectivity index (χ0v) is 13.8. The number of aryl methyl sites for hydroxylation is 1. The number of halogens is 1. The van der Waals surface area contributed by atoms with Gasteiger partial charge in [0.2, 0.25) is 5.95 Å². The molecule has 0 atom stereocenters. The first-order chi connectivity index (χ1) is 11.6. The van der Waals surface area contributed by atoms with Crippen molar-refractivity contribution in [2.45, 2.75) is 19.3 Å². The molecule has 0 aliphatic rings. The smallest absolute Gasteiger partial charge is 0.225 e. The molecular formula is C16H17ClN6O. The van der Waals surface area contributed by atoms with Gasteiger partial charge in [0.25, 0.3) is 0 Å². The number of nitrogens with two attached hydrogens (primary N) is 2. The Morgan fingerprint density at radius 1 is 1.08 bits per heavy atom. The average Bonchev–Trinajstić information content (AvgIpc) is 3.02. The highest BCUT2D eigenvalue weighted by Crippen LogP contribution is 2.29. The summed E-state index contributed by atoms with van der Waals surface area (Å²) in [5.41, 5.74) is 14.2. The van der Waals surface area contributed by atoms with E-state index >= 15 is 0 Å². The minimum atomic E-state index is 0.194. The fourth-order valence-corrected chi connectivity index (χ4v) is 2.34. The number of nitrogens with zero attached hydrogens (tertiary/aromatic N) is 3. The number of hydrogen-bond acceptors (Lipinski definition) is 7. The molecule has 3 rings (SSSR count). The first-order valence-corrected chi connectivity index (χ1v) is 7.84. The van der Waals surface area contributed by atoms with E-state index < -0.39 is 0 Å². The Kier molecular flexibility index (Phi) is 4.52. The topological polar surface area (TPSA) is 116 Å². The van der Waals surface area contributed by atoms with Crippen LogP contribution in [0.1, 0.15) is 17.1 Å². The van der Waals surface area contributed by atoms with Crippen molar-refractivity contribution in [3.05, 3.63) is 47.5 Å². The lowest BCUT2D eigenvalue weighted by Crippen LogP contribution is -2.10.